The summed E-state index contributed by atoms with van der Waals surface area (Å²) < 4.78 is 0. The second-order valence-corrected chi connectivity index (χ2v) is 4.13. The molecule has 0 fully saturated rings. The average Bonchev–Trinajstić information content (AvgIpc) is 2.76. The molecule has 0 aromatic heterocycles. The number of rotatable bonds is 0. The predicted octanol–water partition coefficient (Wildman–Crippen LogP) is 8.78. The molecule has 2 rings (SSSR count). The van der Waals surface area contributed by atoms with Crippen LogP contribution < -0.4 is 0 Å². The zero-order valence-corrected chi connectivity index (χ0v) is 22.2. The lowest BCUT2D eigenvalue weighted by Crippen LogP contribution is -1.69. The van der Waals surface area contributed by atoms with Crippen molar-refractivity contribution in [3.05, 3.63) is 72.8 Å². The lowest BCUT2D eigenvalue weighted by molar-refractivity contribution is -0.115. The lowest BCUT2D eigenvalue weighted by Gasteiger charge is -1.69. The minimum atomic E-state index is 0. The fourth-order valence-electron chi connectivity index (χ4n) is 0.770. The molecule has 2 aromatic rings. The molecular weight excluding hydrogens is 376 g/mol. The van der Waals surface area contributed by atoms with Gasteiger partial charge in [0.1, 0.15) is 11.6 Å². The first-order valence-corrected chi connectivity index (χ1v) is 10.4. The molecule has 29 heavy (non-hydrogen) atoms. The quantitative estimate of drug-likeness (QED) is 0.422. The molecule has 2 nitrogen and oxygen atoms in total. The molecule has 3 heteroatoms. The van der Waals surface area contributed by atoms with Crippen LogP contribution in [0.2, 0.25) is 0 Å². The highest BCUT2D eigenvalue weighted by atomic mass is 32.1. The van der Waals surface area contributed by atoms with Crippen molar-refractivity contribution >= 4 is 25.1 Å². The van der Waals surface area contributed by atoms with Crippen molar-refractivity contribution in [1.82, 2.24) is 0 Å². The molecule has 0 saturated carbocycles. The maximum atomic E-state index is 9.44. The Balaban J connectivity index is -0.0000000400. The molecular formula is C26H50O2S. The Morgan fingerprint density at radius 1 is 0.345 bits per heavy atom. The number of Topliss-reactive ketones (excluding diaryl/α,β-unsaturated/α-hetero) is 2. The van der Waals surface area contributed by atoms with E-state index in [1.807, 2.05) is 128 Å². The van der Waals surface area contributed by atoms with Gasteiger partial charge in [0.2, 0.25) is 0 Å². The van der Waals surface area contributed by atoms with E-state index in [0.29, 0.717) is 0 Å². The van der Waals surface area contributed by atoms with Gasteiger partial charge >= 0.3 is 0 Å². The summed E-state index contributed by atoms with van der Waals surface area (Å²) in [5.41, 5.74) is 0. The number of benzene rings is 2. The van der Waals surface area contributed by atoms with Crippen LogP contribution in [-0.4, -0.2) is 11.6 Å². The molecule has 0 unspecified atom stereocenters. The summed E-state index contributed by atoms with van der Waals surface area (Å²) in [4.78, 5) is 18.9. The summed E-state index contributed by atoms with van der Waals surface area (Å²) >= 11 is 0. The van der Waals surface area contributed by atoms with Crippen LogP contribution in [0.4, 0.5) is 0 Å². The van der Waals surface area contributed by atoms with Gasteiger partial charge in [-0.3, -0.25) is 0 Å². The van der Waals surface area contributed by atoms with Gasteiger partial charge in [0, 0.05) is 0 Å². The van der Waals surface area contributed by atoms with Crippen molar-refractivity contribution in [2.24, 2.45) is 0 Å². The number of carbonyl (C=O) groups is 2. The van der Waals surface area contributed by atoms with Gasteiger partial charge in [-0.1, -0.05) is 128 Å². The highest BCUT2D eigenvalue weighted by molar-refractivity contribution is 7.59. The van der Waals surface area contributed by atoms with E-state index in [2.05, 4.69) is 0 Å². The zero-order valence-electron chi connectivity index (χ0n) is 21.2. The Bertz CT molecular complexity index is 324. The fraction of sp³-hybridized carbons (Fsp3) is 0.462. The molecule has 2 aromatic carbocycles. The Morgan fingerprint density at radius 3 is 0.414 bits per heavy atom. The van der Waals surface area contributed by atoms with Gasteiger partial charge in [-0.05, 0) is 27.7 Å². The van der Waals surface area contributed by atoms with E-state index >= 15 is 0 Å². The number of carbonyl (C=O) groups excluding carboxylic acids is 2. The summed E-state index contributed by atoms with van der Waals surface area (Å²) in [5.74, 6) is 0.333. The van der Waals surface area contributed by atoms with Gasteiger partial charge < -0.3 is 9.59 Å². The van der Waals surface area contributed by atoms with Crippen LogP contribution in [0, 0.1) is 0 Å². The van der Waals surface area contributed by atoms with E-state index < -0.39 is 0 Å². The van der Waals surface area contributed by atoms with E-state index in [-0.39, 0.29) is 25.1 Å². The first kappa shape index (κ1) is 45.7. The van der Waals surface area contributed by atoms with Crippen LogP contribution in [0.3, 0.4) is 0 Å². The SMILES string of the molecule is CC.CC.CC.CC.CC(C)=O.CC(C)=O.S.c1ccccc1.c1ccccc1. The van der Waals surface area contributed by atoms with Crippen LogP contribution >= 0.6 is 13.5 Å². The van der Waals surface area contributed by atoms with Gasteiger partial charge in [-0.25, -0.2) is 0 Å². The highest BCUT2D eigenvalue weighted by Crippen LogP contribution is 1.80. The van der Waals surface area contributed by atoms with Crippen LogP contribution in [0.15, 0.2) is 72.8 Å². The minimum absolute atomic E-state index is 0. The van der Waals surface area contributed by atoms with Gasteiger partial charge in [0.05, 0.1) is 0 Å². The summed E-state index contributed by atoms with van der Waals surface area (Å²) in [5, 5.41) is 0. The van der Waals surface area contributed by atoms with E-state index in [9.17, 15) is 9.59 Å². The van der Waals surface area contributed by atoms with Crippen molar-refractivity contribution in [3.8, 4) is 0 Å². The Hall–Kier alpha value is -1.87. The van der Waals surface area contributed by atoms with Gasteiger partial charge in [0.25, 0.3) is 0 Å². The van der Waals surface area contributed by atoms with Crippen molar-refractivity contribution < 1.29 is 9.59 Å². The first-order valence-electron chi connectivity index (χ1n) is 10.4. The van der Waals surface area contributed by atoms with Crippen LogP contribution in [0.25, 0.3) is 0 Å². The molecule has 0 bridgehead atoms. The topological polar surface area (TPSA) is 34.1 Å². The molecule has 0 aliphatic heterocycles. The third-order valence-corrected chi connectivity index (χ3v) is 1.33. The molecule has 0 spiro atoms. The third kappa shape index (κ3) is 148. The van der Waals surface area contributed by atoms with Crippen molar-refractivity contribution in [1.29, 1.82) is 0 Å². The molecule has 0 atom stereocenters. The maximum absolute atomic E-state index is 9.44. The molecule has 172 valence electrons. The molecule has 0 N–H and O–H groups in total. The van der Waals surface area contributed by atoms with Crippen molar-refractivity contribution in [2.75, 3.05) is 0 Å². The summed E-state index contributed by atoms with van der Waals surface area (Å²) in [6.07, 6.45) is 0. The number of hydrogen-bond acceptors (Lipinski definition) is 2. The van der Waals surface area contributed by atoms with Crippen molar-refractivity contribution in [3.63, 3.8) is 0 Å². The highest BCUT2D eigenvalue weighted by Gasteiger charge is 1.62. The van der Waals surface area contributed by atoms with E-state index in [4.69, 9.17) is 0 Å². The standard InChI is InChI=1S/2C6H6.2C3H6O.4C2H6.H2S/c2*1-2-4-6-5-3-1;2*1-3(2)4;4*1-2;/h2*1-6H;2*1-2H3;4*1-2H3;1H2. The lowest BCUT2D eigenvalue weighted by atomic mass is 10.4. The molecule has 0 heterocycles. The smallest absolute Gasteiger partial charge is 0.126 e. The molecule has 0 saturated heterocycles. The number of ketones is 2. The van der Waals surface area contributed by atoms with E-state index in [0.717, 1.165) is 0 Å². The normalized spacial score (nSPS) is 5.93. The van der Waals surface area contributed by atoms with Gasteiger partial charge in [-0.15, -0.1) is 0 Å². The van der Waals surface area contributed by atoms with Crippen LogP contribution in [0.5, 0.6) is 0 Å². The number of hydrogen-bond donors (Lipinski definition) is 0. The predicted molar refractivity (Wildman–Crippen MR) is 141 cm³/mol. The second-order valence-electron chi connectivity index (χ2n) is 4.13. The molecule has 0 aliphatic carbocycles. The molecule has 0 aliphatic rings. The first-order chi connectivity index (χ1) is 13.5. The Morgan fingerprint density at radius 2 is 0.379 bits per heavy atom. The minimum Gasteiger partial charge on any atom is -0.300 e. The van der Waals surface area contributed by atoms with Crippen molar-refractivity contribution in [2.45, 2.75) is 83.1 Å². The maximum Gasteiger partial charge on any atom is 0.126 e. The van der Waals surface area contributed by atoms with E-state index in [1.165, 1.54) is 27.7 Å². The van der Waals surface area contributed by atoms with Crippen LogP contribution in [0.1, 0.15) is 83.1 Å². The fourth-order valence-corrected chi connectivity index (χ4v) is 0.770. The monoisotopic (exact) mass is 426 g/mol. The largest absolute Gasteiger partial charge is 0.300 e. The van der Waals surface area contributed by atoms with Gasteiger partial charge in [-0.2, -0.15) is 13.5 Å². The van der Waals surface area contributed by atoms with Crippen LogP contribution in [-0.2, 0) is 9.59 Å². The summed E-state index contributed by atoms with van der Waals surface area (Å²) in [7, 11) is 0. The Labute approximate surface area is 190 Å². The zero-order chi connectivity index (χ0) is 23.6. The summed E-state index contributed by atoms with van der Waals surface area (Å²) in [6.45, 7) is 22.1. The molecule has 0 amide bonds. The van der Waals surface area contributed by atoms with Gasteiger partial charge in [0.15, 0.2) is 0 Å². The van der Waals surface area contributed by atoms with E-state index in [1.54, 1.807) is 0 Å². The summed E-state index contributed by atoms with van der Waals surface area (Å²) in [6, 6.07) is 24.0. The second kappa shape index (κ2) is 63.4. The third-order valence-electron chi connectivity index (χ3n) is 1.33. The molecule has 0 radical (unpaired) electrons. The Kier molecular flexibility index (Phi) is 100.0. The average molecular weight is 427 g/mol.